The summed E-state index contributed by atoms with van der Waals surface area (Å²) in [5, 5.41) is 9.94. The van der Waals surface area contributed by atoms with Gasteiger partial charge in [-0.25, -0.2) is 0 Å². The van der Waals surface area contributed by atoms with Crippen molar-refractivity contribution in [2.45, 2.75) is 66.1 Å². The van der Waals surface area contributed by atoms with Gasteiger partial charge < -0.3 is 14.6 Å². The topological polar surface area (TPSA) is 72.8 Å². The minimum atomic E-state index is -1.07. The highest BCUT2D eigenvalue weighted by molar-refractivity contribution is 5.82. The molecule has 0 bridgehead atoms. The first-order chi connectivity index (χ1) is 9.38. The summed E-state index contributed by atoms with van der Waals surface area (Å²) in [6.07, 6.45) is 2.19. The maximum Gasteiger partial charge on any atom is 0.305 e. The normalized spacial score (nSPS) is 15.4. The first kappa shape index (κ1) is 19.1. The number of esters is 1. The Labute approximate surface area is 121 Å². The fourth-order valence-electron chi connectivity index (χ4n) is 1.99. The molecule has 0 aliphatic rings. The summed E-state index contributed by atoms with van der Waals surface area (Å²) < 4.78 is 10.0. The summed E-state index contributed by atoms with van der Waals surface area (Å²) in [4.78, 5) is 22.9. The molecule has 1 N–H and O–H groups in total. The lowest BCUT2D eigenvalue weighted by Crippen LogP contribution is -2.40. The summed E-state index contributed by atoms with van der Waals surface area (Å²) in [6, 6.07) is 0. The van der Waals surface area contributed by atoms with Crippen LogP contribution in [0.25, 0.3) is 0 Å². The Bertz CT molecular complexity index is 303. The molecule has 0 heterocycles. The molecule has 2 atom stereocenters. The number of hydrogen-bond acceptors (Lipinski definition) is 5. The number of unbranched alkanes of at least 4 members (excludes halogenated alkanes) is 2. The molecule has 20 heavy (non-hydrogen) atoms. The van der Waals surface area contributed by atoms with E-state index in [1.807, 2.05) is 0 Å². The second-order valence-corrected chi connectivity index (χ2v) is 5.15. The third kappa shape index (κ3) is 6.48. The average Bonchev–Trinajstić information content (AvgIpc) is 2.38. The minimum Gasteiger partial charge on any atom is -0.466 e. The van der Waals surface area contributed by atoms with Crippen molar-refractivity contribution in [3.63, 3.8) is 0 Å². The molecule has 0 aromatic heterocycles. The number of carbonyl (C=O) groups excluding carboxylic acids is 2. The van der Waals surface area contributed by atoms with E-state index in [2.05, 4.69) is 0 Å². The summed E-state index contributed by atoms with van der Waals surface area (Å²) in [5.41, 5.74) is -0.875. The quantitative estimate of drug-likeness (QED) is 0.359. The van der Waals surface area contributed by atoms with Crippen LogP contribution in [-0.2, 0) is 19.1 Å². The molecule has 0 saturated heterocycles. The number of ketones is 1. The first-order valence-corrected chi connectivity index (χ1v) is 7.34. The highest BCUT2D eigenvalue weighted by Crippen LogP contribution is 2.30. The number of ether oxygens (including phenoxy) is 2. The van der Waals surface area contributed by atoms with E-state index < -0.39 is 11.7 Å². The third-order valence-electron chi connectivity index (χ3n) is 3.56. The molecule has 0 fully saturated rings. The van der Waals surface area contributed by atoms with Crippen molar-refractivity contribution in [3.05, 3.63) is 0 Å². The van der Waals surface area contributed by atoms with E-state index in [-0.39, 0.29) is 11.8 Å². The van der Waals surface area contributed by atoms with Gasteiger partial charge in [-0.15, -0.1) is 0 Å². The Morgan fingerprint density at radius 1 is 1.15 bits per heavy atom. The van der Waals surface area contributed by atoms with E-state index in [1.54, 1.807) is 20.8 Å². The molecule has 0 aliphatic heterocycles. The predicted octanol–water partition coefficient (Wildman–Crippen LogP) is 2.45. The summed E-state index contributed by atoms with van der Waals surface area (Å²) >= 11 is 0. The van der Waals surface area contributed by atoms with Crippen molar-refractivity contribution in [1.82, 2.24) is 0 Å². The molecule has 0 radical (unpaired) electrons. The van der Waals surface area contributed by atoms with Crippen molar-refractivity contribution >= 4 is 11.8 Å². The number of hydrogen-bond donors (Lipinski definition) is 1. The molecule has 0 spiro atoms. The Balaban J connectivity index is 4.10. The van der Waals surface area contributed by atoms with Crippen LogP contribution in [0.2, 0.25) is 0 Å². The van der Waals surface area contributed by atoms with Crippen LogP contribution in [0.5, 0.6) is 0 Å². The van der Waals surface area contributed by atoms with Gasteiger partial charge in [0.15, 0.2) is 6.29 Å². The second kappa shape index (κ2) is 9.88. The van der Waals surface area contributed by atoms with Crippen LogP contribution in [0.1, 0.15) is 59.8 Å². The van der Waals surface area contributed by atoms with Gasteiger partial charge in [0.05, 0.1) is 12.0 Å². The molecular formula is C15H28O5. The lowest BCUT2D eigenvalue weighted by molar-refractivity contribution is -0.178. The largest absolute Gasteiger partial charge is 0.466 e. The molecule has 0 saturated carbocycles. The molecule has 118 valence electrons. The zero-order valence-electron chi connectivity index (χ0n) is 13.1. The molecule has 0 rings (SSSR count). The Morgan fingerprint density at radius 2 is 1.80 bits per heavy atom. The third-order valence-corrected chi connectivity index (χ3v) is 3.56. The van der Waals surface area contributed by atoms with Crippen LogP contribution in [0.3, 0.4) is 0 Å². The van der Waals surface area contributed by atoms with E-state index in [1.165, 1.54) is 6.92 Å². The lowest BCUT2D eigenvalue weighted by atomic mass is 9.80. The highest BCUT2D eigenvalue weighted by Gasteiger charge is 2.37. The van der Waals surface area contributed by atoms with Crippen molar-refractivity contribution in [2.24, 2.45) is 5.41 Å². The van der Waals surface area contributed by atoms with Crippen molar-refractivity contribution < 1.29 is 24.2 Å². The van der Waals surface area contributed by atoms with Gasteiger partial charge in [0.1, 0.15) is 5.78 Å². The van der Waals surface area contributed by atoms with Crippen LogP contribution in [0, 0.1) is 5.41 Å². The fraction of sp³-hybridized carbons (Fsp3) is 0.867. The van der Waals surface area contributed by atoms with Gasteiger partial charge in [0, 0.05) is 13.0 Å². The van der Waals surface area contributed by atoms with Gasteiger partial charge >= 0.3 is 5.97 Å². The zero-order valence-corrected chi connectivity index (χ0v) is 13.1. The van der Waals surface area contributed by atoms with E-state index in [0.29, 0.717) is 26.1 Å². The first-order valence-electron chi connectivity index (χ1n) is 7.34. The highest BCUT2D eigenvalue weighted by atomic mass is 16.6. The van der Waals surface area contributed by atoms with Crippen LogP contribution >= 0.6 is 0 Å². The van der Waals surface area contributed by atoms with Crippen LogP contribution in [0.15, 0.2) is 0 Å². The number of Topliss-reactive ketones (excluding diaryl/α,β-unsaturated/α-hetero) is 1. The minimum absolute atomic E-state index is 0.0798. The summed E-state index contributed by atoms with van der Waals surface area (Å²) in [6.45, 7) is 7.53. The van der Waals surface area contributed by atoms with E-state index in [4.69, 9.17) is 9.47 Å². The maximum absolute atomic E-state index is 11.7. The number of carbonyl (C=O) groups is 2. The molecule has 0 aromatic carbocycles. The van der Waals surface area contributed by atoms with E-state index in [0.717, 1.165) is 19.3 Å². The van der Waals surface area contributed by atoms with E-state index in [9.17, 15) is 14.7 Å². The van der Waals surface area contributed by atoms with Crippen molar-refractivity contribution in [1.29, 1.82) is 0 Å². The van der Waals surface area contributed by atoms with E-state index >= 15 is 0 Å². The Hall–Kier alpha value is -0.940. The molecule has 5 nitrogen and oxygen atoms in total. The van der Waals surface area contributed by atoms with Gasteiger partial charge in [0.2, 0.25) is 0 Å². The number of rotatable bonds is 11. The Kier molecular flexibility index (Phi) is 9.42. The molecule has 0 aliphatic carbocycles. The molecular weight excluding hydrogens is 260 g/mol. The molecule has 0 aromatic rings. The standard InChI is InChI=1S/C15H28O5/c1-5-19-13(17)10-8-7-9-11-15(4,12(3)16)14(18)20-6-2/h14,18H,5-11H2,1-4H3. The van der Waals surface area contributed by atoms with Crippen molar-refractivity contribution in [3.8, 4) is 0 Å². The van der Waals surface area contributed by atoms with Gasteiger partial charge in [0.25, 0.3) is 0 Å². The lowest BCUT2D eigenvalue weighted by Gasteiger charge is -2.31. The molecule has 2 unspecified atom stereocenters. The smallest absolute Gasteiger partial charge is 0.305 e. The van der Waals surface area contributed by atoms with Gasteiger partial charge in [-0.05, 0) is 40.5 Å². The van der Waals surface area contributed by atoms with Crippen molar-refractivity contribution in [2.75, 3.05) is 13.2 Å². The monoisotopic (exact) mass is 288 g/mol. The van der Waals surface area contributed by atoms with Gasteiger partial charge in [-0.2, -0.15) is 0 Å². The maximum atomic E-state index is 11.7. The predicted molar refractivity (Wildman–Crippen MR) is 76.1 cm³/mol. The van der Waals surface area contributed by atoms with Crippen LogP contribution < -0.4 is 0 Å². The molecule has 5 heteroatoms. The fourth-order valence-corrected chi connectivity index (χ4v) is 1.99. The Morgan fingerprint density at radius 3 is 2.30 bits per heavy atom. The SMILES string of the molecule is CCOC(=O)CCCCCC(C)(C(C)=O)C(O)OCC. The number of aliphatic hydroxyl groups is 1. The zero-order chi connectivity index (χ0) is 15.6. The molecule has 0 amide bonds. The second-order valence-electron chi connectivity index (χ2n) is 5.15. The number of aliphatic hydroxyl groups excluding tert-OH is 1. The summed E-state index contributed by atoms with van der Waals surface area (Å²) in [5.74, 6) is -0.264. The summed E-state index contributed by atoms with van der Waals surface area (Å²) in [7, 11) is 0. The van der Waals surface area contributed by atoms with Gasteiger partial charge in [-0.3, -0.25) is 9.59 Å². The average molecular weight is 288 g/mol. The van der Waals surface area contributed by atoms with Crippen LogP contribution in [0.4, 0.5) is 0 Å². The van der Waals surface area contributed by atoms with Gasteiger partial charge in [-0.1, -0.05) is 12.8 Å². The van der Waals surface area contributed by atoms with Crippen LogP contribution in [-0.4, -0.2) is 36.4 Å².